The molecule has 3 amide bonds. The normalized spacial score (nSPS) is 11.5. The number of benzene rings is 2. The van der Waals surface area contributed by atoms with Crippen LogP contribution in [0.1, 0.15) is 24.1 Å². The summed E-state index contributed by atoms with van der Waals surface area (Å²) in [5.41, 5.74) is 2.37. The number of carbonyl (C=O) groups excluding carboxylic acids is 2. The third-order valence-corrected chi connectivity index (χ3v) is 4.08. The molecule has 1 unspecified atom stereocenters. The van der Waals surface area contributed by atoms with E-state index in [1.807, 2.05) is 19.1 Å². The summed E-state index contributed by atoms with van der Waals surface area (Å²) in [5.74, 6) is -0.657. The van der Waals surface area contributed by atoms with Crippen LogP contribution >= 0.6 is 15.9 Å². The first-order valence-corrected chi connectivity index (χ1v) is 8.50. The number of urea groups is 1. The number of carbonyl (C=O) groups is 2. The summed E-state index contributed by atoms with van der Waals surface area (Å²) >= 11 is 3.36. The molecule has 0 aliphatic rings. The van der Waals surface area contributed by atoms with E-state index >= 15 is 0 Å². The topological polar surface area (TPSA) is 70.2 Å². The Kier molecular flexibility index (Phi) is 6.52. The van der Waals surface area contributed by atoms with Crippen LogP contribution < -0.4 is 16.0 Å². The first-order valence-electron chi connectivity index (χ1n) is 7.71. The van der Waals surface area contributed by atoms with Crippen LogP contribution in [-0.4, -0.2) is 18.5 Å². The van der Waals surface area contributed by atoms with Gasteiger partial charge in [-0.1, -0.05) is 28.1 Å². The number of nitrogens with one attached hydrogen (secondary N) is 3. The fourth-order valence-electron chi connectivity index (χ4n) is 2.20. The molecule has 0 bridgehead atoms. The fraction of sp³-hybridized carbons (Fsp3) is 0.222. The molecule has 0 saturated heterocycles. The van der Waals surface area contributed by atoms with Crippen molar-refractivity contribution in [3.63, 3.8) is 0 Å². The molecule has 0 aliphatic carbocycles. The van der Waals surface area contributed by atoms with Gasteiger partial charge in [0.05, 0.1) is 12.6 Å². The molecule has 0 saturated carbocycles. The van der Waals surface area contributed by atoms with Crippen LogP contribution in [0.4, 0.5) is 14.9 Å². The van der Waals surface area contributed by atoms with E-state index in [0.29, 0.717) is 5.69 Å². The third-order valence-electron chi connectivity index (χ3n) is 3.59. The van der Waals surface area contributed by atoms with Gasteiger partial charge in [-0.05, 0) is 55.3 Å². The molecule has 0 radical (unpaired) electrons. The molecule has 25 heavy (non-hydrogen) atoms. The Labute approximate surface area is 154 Å². The summed E-state index contributed by atoms with van der Waals surface area (Å²) in [7, 11) is 0. The average Bonchev–Trinajstić information content (AvgIpc) is 2.56. The standard InChI is InChI=1S/C18H19BrFN3O2/c1-11-9-14(19)5-8-16(11)23-17(24)10-21-18(25)22-12(2)13-3-6-15(20)7-4-13/h3-9,12H,10H2,1-2H3,(H,23,24)(H2,21,22,25). The van der Waals surface area contributed by atoms with Crippen LogP contribution in [0.15, 0.2) is 46.9 Å². The van der Waals surface area contributed by atoms with Crippen molar-refractivity contribution in [3.05, 3.63) is 63.9 Å². The van der Waals surface area contributed by atoms with Gasteiger partial charge in [0.1, 0.15) is 5.82 Å². The lowest BCUT2D eigenvalue weighted by Crippen LogP contribution is -2.41. The van der Waals surface area contributed by atoms with Gasteiger partial charge >= 0.3 is 6.03 Å². The summed E-state index contributed by atoms with van der Waals surface area (Å²) in [6.45, 7) is 3.50. The fourth-order valence-corrected chi connectivity index (χ4v) is 2.68. The average molecular weight is 408 g/mol. The zero-order valence-electron chi connectivity index (χ0n) is 13.9. The SMILES string of the molecule is Cc1cc(Br)ccc1NC(=O)CNC(=O)NC(C)c1ccc(F)cc1. The number of hydrogen-bond donors (Lipinski definition) is 3. The van der Waals surface area contributed by atoms with Crippen LogP contribution in [0.3, 0.4) is 0 Å². The van der Waals surface area contributed by atoms with Gasteiger partial charge in [-0.15, -0.1) is 0 Å². The monoisotopic (exact) mass is 407 g/mol. The van der Waals surface area contributed by atoms with Crippen molar-refractivity contribution in [1.82, 2.24) is 10.6 Å². The lowest BCUT2D eigenvalue weighted by molar-refractivity contribution is -0.115. The molecule has 2 rings (SSSR count). The molecule has 0 heterocycles. The van der Waals surface area contributed by atoms with E-state index in [4.69, 9.17) is 0 Å². The van der Waals surface area contributed by atoms with Crippen LogP contribution in [0, 0.1) is 12.7 Å². The van der Waals surface area contributed by atoms with Crippen LogP contribution in [0.25, 0.3) is 0 Å². The number of halogens is 2. The highest BCUT2D eigenvalue weighted by Gasteiger charge is 2.11. The Bertz CT molecular complexity index is 765. The van der Waals surface area contributed by atoms with Crippen molar-refractivity contribution in [2.45, 2.75) is 19.9 Å². The number of hydrogen-bond acceptors (Lipinski definition) is 2. The van der Waals surface area contributed by atoms with E-state index in [1.165, 1.54) is 12.1 Å². The second-order valence-corrected chi connectivity index (χ2v) is 6.52. The van der Waals surface area contributed by atoms with Crippen LogP contribution in [-0.2, 0) is 4.79 Å². The van der Waals surface area contributed by atoms with E-state index < -0.39 is 6.03 Å². The van der Waals surface area contributed by atoms with Gasteiger partial charge in [0.15, 0.2) is 0 Å². The van der Waals surface area contributed by atoms with Crippen LogP contribution in [0.2, 0.25) is 0 Å². The van der Waals surface area contributed by atoms with Crippen LogP contribution in [0.5, 0.6) is 0 Å². The van der Waals surface area contributed by atoms with Gasteiger partial charge in [-0.3, -0.25) is 4.79 Å². The smallest absolute Gasteiger partial charge is 0.315 e. The molecule has 132 valence electrons. The van der Waals surface area contributed by atoms with E-state index in [9.17, 15) is 14.0 Å². The lowest BCUT2D eigenvalue weighted by Gasteiger charge is -2.15. The van der Waals surface area contributed by atoms with Gasteiger partial charge in [0.25, 0.3) is 0 Å². The number of aryl methyl sites for hydroxylation is 1. The summed E-state index contributed by atoms with van der Waals surface area (Å²) in [6.07, 6.45) is 0. The molecule has 7 heteroatoms. The van der Waals surface area contributed by atoms with E-state index in [2.05, 4.69) is 31.9 Å². The Hall–Kier alpha value is -2.41. The maximum absolute atomic E-state index is 12.9. The number of anilines is 1. The van der Waals surface area contributed by atoms with Crippen molar-refractivity contribution in [1.29, 1.82) is 0 Å². The highest BCUT2D eigenvalue weighted by atomic mass is 79.9. The molecule has 0 spiro atoms. The van der Waals surface area contributed by atoms with Gasteiger partial charge in [0, 0.05) is 10.2 Å². The highest BCUT2D eigenvalue weighted by molar-refractivity contribution is 9.10. The first kappa shape index (κ1) is 18.9. The zero-order valence-corrected chi connectivity index (χ0v) is 15.5. The van der Waals surface area contributed by atoms with Gasteiger partial charge in [0.2, 0.25) is 5.91 Å². The largest absolute Gasteiger partial charge is 0.332 e. The molecule has 5 nitrogen and oxygen atoms in total. The number of rotatable bonds is 5. The molecular weight excluding hydrogens is 389 g/mol. The second-order valence-electron chi connectivity index (χ2n) is 5.61. The molecule has 0 aromatic heterocycles. The Morgan fingerprint density at radius 2 is 1.84 bits per heavy atom. The van der Waals surface area contributed by atoms with Gasteiger partial charge < -0.3 is 16.0 Å². The lowest BCUT2D eigenvalue weighted by atomic mass is 10.1. The quantitative estimate of drug-likeness (QED) is 0.703. The number of amides is 3. The molecule has 0 aliphatic heterocycles. The van der Waals surface area contributed by atoms with Crippen molar-refractivity contribution in [2.24, 2.45) is 0 Å². The minimum Gasteiger partial charge on any atom is -0.332 e. The minimum atomic E-state index is -0.473. The predicted octanol–water partition coefficient (Wildman–Crippen LogP) is 3.90. The summed E-state index contributed by atoms with van der Waals surface area (Å²) in [5, 5.41) is 7.94. The highest BCUT2D eigenvalue weighted by Crippen LogP contribution is 2.19. The van der Waals surface area contributed by atoms with E-state index in [0.717, 1.165) is 15.6 Å². The van der Waals surface area contributed by atoms with Gasteiger partial charge in [-0.2, -0.15) is 0 Å². The molecule has 2 aromatic carbocycles. The summed E-state index contributed by atoms with van der Waals surface area (Å²) in [6, 6.07) is 10.6. The van der Waals surface area contributed by atoms with E-state index in [-0.39, 0.29) is 24.3 Å². The van der Waals surface area contributed by atoms with Crippen molar-refractivity contribution in [2.75, 3.05) is 11.9 Å². The molecule has 0 fully saturated rings. The summed E-state index contributed by atoms with van der Waals surface area (Å²) < 4.78 is 13.8. The molecule has 3 N–H and O–H groups in total. The Balaban J connectivity index is 1.80. The second kappa shape index (κ2) is 8.62. The van der Waals surface area contributed by atoms with Crippen molar-refractivity contribution < 1.29 is 14.0 Å². The maximum Gasteiger partial charge on any atom is 0.315 e. The Morgan fingerprint density at radius 1 is 1.16 bits per heavy atom. The van der Waals surface area contributed by atoms with Crippen molar-refractivity contribution >= 4 is 33.6 Å². The molecule has 1 atom stereocenters. The summed E-state index contributed by atoms with van der Waals surface area (Å²) in [4.78, 5) is 23.8. The predicted molar refractivity (Wildman–Crippen MR) is 98.9 cm³/mol. The maximum atomic E-state index is 12.9. The zero-order chi connectivity index (χ0) is 18.4. The van der Waals surface area contributed by atoms with E-state index in [1.54, 1.807) is 25.1 Å². The minimum absolute atomic E-state index is 0.155. The molecular formula is C18H19BrFN3O2. The Morgan fingerprint density at radius 3 is 2.48 bits per heavy atom. The first-order chi connectivity index (χ1) is 11.8. The third kappa shape index (κ3) is 5.86. The van der Waals surface area contributed by atoms with Crippen molar-refractivity contribution in [3.8, 4) is 0 Å². The molecule has 2 aromatic rings. The van der Waals surface area contributed by atoms with Gasteiger partial charge in [-0.25, -0.2) is 9.18 Å².